The van der Waals surface area contributed by atoms with Crippen molar-refractivity contribution < 1.29 is 19.2 Å². The minimum atomic E-state index is -0.870. The molecule has 0 spiro atoms. The lowest BCUT2D eigenvalue weighted by atomic mass is 10.0. The van der Waals surface area contributed by atoms with Gasteiger partial charge < -0.3 is 14.9 Å². The normalized spacial score (nSPS) is 12.5. The van der Waals surface area contributed by atoms with Crippen molar-refractivity contribution in [2.24, 2.45) is 0 Å². The summed E-state index contributed by atoms with van der Waals surface area (Å²) < 4.78 is 5.15. The molecule has 0 saturated heterocycles. The summed E-state index contributed by atoms with van der Waals surface area (Å²) in [5.74, 6) is -0.512. The Hall–Kier alpha value is -1.85. The van der Waals surface area contributed by atoms with Gasteiger partial charge in [-0.2, -0.15) is 0 Å². The molecule has 0 saturated carbocycles. The summed E-state index contributed by atoms with van der Waals surface area (Å²) in [7, 11) is 0. The van der Waals surface area contributed by atoms with Crippen molar-refractivity contribution in [2.45, 2.75) is 52.5 Å². The van der Waals surface area contributed by atoms with Crippen LogP contribution in [0.4, 0.5) is 0 Å². The molecule has 1 unspecified atom stereocenters. The van der Waals surface area contributed by atoms with E-state index in [0.717, 1.165) is 0 Å². The zero-order valence-electron chi connectivity index (χ0n) is 11.7. The lowest BCUT2D eigenvalue weighted by molar-refractivity contribution is -0.137. The largest absolute Gasteiger partial charge is 0.481 e. The van der Waals surface area contributed by atoms with Gasteiger partial charge in [-0.1, -0.05) is 19.0 Å². The maximum absolute atomic E-state index is 12.1. The number of carboxylic acids is 1. The van der Waals surface area contributed by atoms with Gasteiger partial charge in [0, 0.05) is 18.4 Å². The fraction of sp³-hybridized carbons (Fsp3) is 0.615. The molecule has 1 rings (SSSR count). The molecule has 106 valence electrons. The zero-order valence-corrected chi connectivity index (χ0v) is 11.7. The summed E-state index contributed by atoms with van der Waals surface area (Å²) in [6.07, 6.45) is 0.420. The Bertz CT molecular complexity index is 465. The Morgan fingerprint density at radius 3 is 2.53 bits per heavy atom. The molecule has 0 fully saturated rings. The first-order valence-electron chi connectivity index (χ1n) is 6.31. The smallest absolute Gasteiger partial charge is 0.303 e. The van der Waals surface area contributed by atoms with Gasteiger partial charge in [0.1, 0.15) is 5.56 Å². The van der Waals surface area contributed by atoms with Crippen LogP contribution in [-0.4, -0.2) is 28.2 Å². The first kappa shape index (κ1) is 15.2. The van der Waals surface area contributed by atoms with Crippen molar-refractivity contribution in [1.29, 1.82) is 0 Å². The van der Waals surface area contributed by atoms with Gasteiger partial charge in [-0.05, 0) is 20.3 Å². The number of aliphatic carboxylic acids is 1. The van der Waals surface area contributed by atoms with E-state index in [2.05, 4.69) is 10.5 Å². The fourth-order valence-corrected chi connectivity index (χ4v) is 1.77. The molecule has 2 N–H and O–H groups in total. The SMILES string of the molecule is Cc1noc(C(C)C)c1C(=O)NC(C)CCC(=O)O. The molecule has 6 heteroatoms. The Morgan fingerprint density at radius 2 is 2.00 bits per heavy atom. The number of carbonyl (C=O) groups excluding carboxylic acids is 1. The van der Waals surface area contributed by atoms with Gasteiger partial charge in [-0.25, -0.2) is 0 Å². The van der Waals surface area contributed by atoms with Crippen molar-refractivity contribution in [3.8, 4) is 0 Å². The van der Waals surface area contributed by atoms with Gasteiger partial charge in [0.15, 0.2) is 5.76 Å². The molecule has 6 nitrogen and oxygen atoms in total. The van der Waals surface area contributed by atoms with E-state index < -0.39 is 5.97 Å². The highest BCUT2D eigenvalue weighted by Crippen LogP contribution is 2.22. The molecular formula is C13H20N2O4. The van der Waals surface area contributed by atoms with Gasteiger partial charge >= 0.3 is 5.97 Å². The Labute approximate surface area is 112 Å². The monoisotopic (exact) mass is 268 g/mol. The zero-order chi connectivity index (χ0) is 14.6. The van der Waals surface area contributed by atoms with Crippen LogP contribution in [0.5, 0.6) is 0 Å². The highest BCUT2D eigenvalue weighted by Gasteiger charge is 2.23. The van der Waals surface area contributed by atoms with E-state index in [1.54, 1.807) is 13.8 Å². The summed E-state index contributed by atoms with van der Waals surface area (Å²) in [6, 6.07) is -0.210. The number of rotatable bonds is 6. The van der Waals surface area contributed by atoms with Gasteiger partial charge in [-0.3, -0.25) is 9.59 Å². The highest BCUT2D eigenvalue weighted by molar-refractivity contribution is 5.96. The third-order valence-electron chi connectivity index (χ3n) is 2.81. The second kappa shape index (κ2) is 6.36. The molecule has 0 aromatic carbocycles. The van der Waals surface area contributed by atoms with Gasteiger partial charge in [0.2, 0.25) is 0 Å². The Kier molecular flexibility index (Phi) is 5.09. The van der Waals surface area contributed by atoms with Gasteiger partial charge in [-0.15, -0.1) is 0 Å². The lowest BCUT2D eigenvalue weighted by Crippen LogP contribution is -2.33. The molecule has 1 heterocycles. The molecule has 1 aromatic heterocycles. The van der Waals surface area contributed by atoms with Crippen LogP contribution in [0.15, 0.2) is 4.52 Å². The second-order valence-corrected chi connectivity index (χ2v) is 4.97. The average Bonchev–Trinajstić information content (AvgIpc) is 2.68. The fourth-order valence-electron chi connectivity index (χ4n) is 1.77. The van der Waals surface area contributed by atoms with Crippen molar-refractivity contribution in [3.63, 3.8) is 0 Å². The predicted molar refractivity (Wildman–Crippen MR) is 69.1 cm³/mol. The Morgan fingerprint density at radius 1 is 1.37 bits per heavy atom. The molecule has 0 bridgehead atoms. The molecule has 1 aromatic rings. The number of hydrogen-bond acceptors (Lipinski definition) is 4. The van der Waals surface area contributed by atoms with E-state index in [-0.39, 0.29) is 24.3 Å². The van der Waals surface area contributed by atoms with E-state index >= 15 is 0 Å². The predicted octanol–water partition coefficient (Wildman–Crippen LogP) is 2.09. The van der Waals surface area contributed by atoms with E-state index in [1.165, 1.54) is 0 Å². The van der Waals surface area contributed by atoms with Gasteiger partial charge in [0.25, 0.3) is 5.91 Å². The number of nitrogens with zero attached hydrogens (tertiary/aromatic N) is 1. The van der Waals surface area contributed by atoms with Crippen molar-refractivity contribution >= 4 is 11.9 Å². The van der Waals surface area contributed by atoms with Crippen LogP contribution < -0.4 is 5.32 Å². The number of amides is 1. The molecule has 19 heavy (non-hydrogen) atoms. The molecule has 0 aliphatic carbocycles. The number of nitrogens with one attached hydrogen (secondary N) is 1. The number of carboxylic acid groups (broad SMARTS) is 1. The molecule has 0 radical (unpaired) electrons. The summed E-state index contributed by atoms with van der Waals surface area (Å²) >= 11 is 0. The highest BCUT2D eigenvalue weighted by atomic mass is 16.5. The number of hydrogen-bond donors (Lipinski definition) is 2. The quantitative estimate of drug-likeness (QED) is 0.824. The molecule has 0 aliphatic rings. The van der Waals surface area contributed by atoms with Crippen LogP contribution in [-0.2, 0) is 4.79 Å². The topological polar surface area (TPSA) is 92.4 Å². The molecule has 1 atom stereocenters. The first-order chi connectivity index (χ1) is 8.82. The van der Waals surface area contributed by atoms with E-state index in [9.17, 15) is 9.59 Å². The number of carbonyl (C=O) groups is 2. The van der Waals surface area contributed by atoms with Crippen LogP contribution in [0, 0.1) is 6.92 Å². The van der Waals surface area contributed by atoms with Crippen molar-refractivity contribution in [3.05, 3.63) is 17.0 Å². The van der Waals surface area contributed by atoms with Gasteiger partial charge in [0.05, 0.1) is 5.69 Å². The van der Waals surface area contributed by atoms with Crippen LogP contribution in [0.1, 0.15) is 61.3 Å². The molecule has 0 aliphatic heterocycles. The number of aromatic nitrogens is 1. The standard InChI is InChI=1S/C13H20N2O4/c1-7(2)12-11(9(4)15-19-12)13(18)14-8(3)5-6-10(16)17/h7-8H,5-6H2,1-4H3,(H,14,18)(H,16,17). The van der Waals surface area contributed by atoms with Crippen LogP contribution >= 0.6 is 0 Å². The van der Waals surface area contributed by atoms with Crippen LogP contribution in [0.2, 0.25) is 0 Å². The molecular weight excluding hydrogens is 248 g/mol. The Balaban J connectivity index is 2.73. The summed E-state index contributed by atoms with van der Waals surface area (Å²) in [5.41, 5.74) is 1.00. The maximum Gasteiger partial charge on any atom is 0.303 e. The first-order valence-corrected chi connectivity index (χ1v) is 6.31. The molecule has 1 amide bonds. The van der Waals surface area contributed by atoms with E-state index in [0.29, 0.717) is 23.4 Å². The van der Waals surface area contributed by atoms with E-state index in [1.807, 2.05) is 13.8 Å². The third kappa shape index (κ3) is 4.08. The summed E-state index contributed by atoms with van der Waals surface area (Å²) in [4.78, 5) is 22.6. The van der Waals surface area contributed by atoms with E-state index in [4.69, 9.17) is 9.63 Å². The van der Waals surface area contributed by atoms with Crippen molar-refractivity contribution in [1.82, 2.24) is 10.5 Å². The van der Waals surface area contributed by atoms with Crippen LogP contribution in [0.25, 0.3) is 0 Å². The summed E-state index contributed by atoms with van der Waals surface area (Å²) in [6.45, 7) is 7.33. The average molecular weight is 268 g/mol. The summed E-state index contributed by atoms with van der Waals surface area (Å²) in [5, 5.41) is 15.2. The minimum Gasteiger partial charge on any atom is -0.481 e. The maximum atomic E-state index is 12.1. The number of aryl methyl sites for hydroxylation is 1. The lowest BCUT2D eigenvalue weighted by Gasteiger charge is -2.13. The second-order valence-electron chi connectivity index (χ2n) is 4.97. The van der Waals surface area contributed by atoms with Crippen LogP contribution in [0.3, 0.4) is 0 Å². The minimum absolute atomic E-state index is 0.0289. The van der Waals surface area contributed by atoms with Crippen molar-refractivity contribution in [2.75, 3.05) is 0 Å². The third-order valence-corrected chi connectivity index (χ3v) is 2.81.